The van der Waals surface area contributed by atoms with Crippen molar-refractivity contribution in [2.75, 3.05) is 13.2 Å². The predicted molar refractivity (Wildman–Crippen MR) is 156 cm³/mol. The van der Waals surface area contributed by atoms with Crippen LogP contribution in [-0.4, -0.2) is 25.2 Å². The monoisotopic (exact) mass is 512 g/mol. The summed E-state index contributed by atoms with van der Waals surface area (Å²) in [4.78, 5) is 24.7. The minimum absolute atomic E-state index is 0.279. The van der Waals surface area contributed by atoms with Crippen LogP contribution in [0.4, 0.5) is 0 Å². The quantitative estimate of drug-likeness (QED) is 0.150. The lowest BCUT2D eigenvalue weighted by Crippen LogP contribution is -2.06. The van der Waals surface area contributed by atoms with Crippen molar-refractivity contribution in [1.82, 2.24) is 0 Å². The molecule has 4 heteroatoms. The first-order chi connectivity index (χ1) is 18.6. The Hall–Kier alpha value is -3.66. The number of hydrogen-bond donors (Lipinski definition) is 0. The van der Waals surface area contributed by atoms with Crippen molar-refractivity contribution in [3.63, 3.8) is 0 Å². The second kappa shape index (κ2) is 15.6. The van der Waals surface area contributed by atoms with Crippen LogP contribution >= 0.6 is 0 Å². The Morgan fingerprint density at radius 1 is 0.632 bits per heavy atom. The second-order valence-electron chi connectivity index (χ2n) is 9.55. The third kappa shape index (κ3) is 8.44. The summed E-state index contributed by atoms with van der Waals surface area (Å²) in [5.41, 5.74) is 6.19. The van der Waals surface area contributed by atoms with Crippen LogP contribution in [0.5, 0.6) is 0 Å². The molecule has 0 amide bonds. The summed E-state index contributed by atoms with van der Waals surface area (Å²) in [7, 11) is 0. The van der Waals surface area contributed by atoms with Gasteiger partial charge < -0.3 is 9.47 Å². The van der Waals surface area contributed by atoms with Crippen LogP contribution in [-0.2, 0) is 9.47 Å². The van der Waals surface area contributed by atoms with E-state index in [-0.39, 0.29) is 11.9 Å². The number of carbonyl (C=O) groups excluding carboxylic acids is 2. The molecule has 0 aliphatic heterocycles. The zero-order chi connectivity index (χ0) is 27.2. The highest BCUT2D eigenvalue weighted by Crippen LogP contribution is 2.30. The maximum atomic E-state index is 12.3. The molecule has 0 aromatic heterocycles. The van der Waals surface area contributed by atoms with Crippen LogP contribution < -0.4 is 0 Å². The van der Waals surface area contributed by atoms with Gasteiger partial charge in [-0.15, -0.1) is 0 Å². The lowest BCUT2D eigenvalue weighted by molar-refractivity contribution is 0.0488. The van der Waals surface area contributed by atoms with E-state index in [2.05, 4.69) is 38.6 Å². The van der Waals surface area contributed by atoms with Crippen molar-refractivity contribution in [1.29, 1.82) is 0 Å². The molecule has 0 atom stereocenters. The maximum absolute atomic E-state index is 12.3. The first-order valence-electron chi connectivity index (χ1n) is 13.9. The van der Waals surface area contributed by atoms with Crippen molar-refractivity contribution in [2.24, 2.45) is 0 Å². The topological polar surface area (TPSA) is 52.6 Å². The smallest absolute Gasteiger partial charge is 0.338 e. The van der Waals surface area contributed by atoms with Gasteiger partial charge in [-0.2, -0.15) is 0 Å². The molecule has 0 aliphatic carbocycles. The first-order valence-corrected chi connectivity index (χ1v) is 13.9. The van der Waals surface area contributed by atoms with Crippen LogP contribution in [0, 0.1) is 0 Å². The number of hydrogen-bond acceptors (Lipinski definition) is 4. The summed E-state index contributed by atoms with van der Waals surface area (Å²) in [6.45, 7) is 9.25. The summed E-state index contributed by atoms with van der Waals surface area (Å²) < 4.78 is 10.8. The Morgan fingerprint density at radius 2 is 1.11 bits per heavy atom. The molecule has 0 N–H and O–H groups in total. The van der Waals surface area contributed by atoms with Gasteiger partial charge in [-0.1, -0.05) is 101 Å². The van der Waals surface area contributed by atoms with Crippen LogP contribution in [0.1, 0.15) is 91.5 Å². The molecule has 0 bridgehead atoms. The van der Waals surface area contributed by atoms with E-state index in [0.717, 1.165) is 79.2 Å². The molecule has 0 unspecified atom stereocenters. The molecular weight excluding hydrogens is 472 g/mol. The molecule has 3 aromatic rings. The van der Waals surface area contributed by atoms with Crippen molar-refractivity contribution >= 4 is 18.0 Å². The molecule has 3 rings (SSSR count). The van der Waals surface area contributed by atoms with E-state index in [1.165, 1.54) is 0 Å². The lowest BCUT2D eigenvalue weighted by Gasteiger charge is -2.11. The molecule has 0 saturated heterocycles. The molecule has 4 nitrogen and oxygen atoms in total. The number of rotatable bonds is 15. The van der Waals surface area contributed by atoms with Gasteiger partial charge in [0, 0.05) is 0 Å². The third-order valence-electron chi connectivity index (χ3n) is 6.62. The average molecular weight is 513 g/mol. The van der Waals surface area contributed by atoms with Gasteiger partial charge in [-0.05, 0) is 71.0 Å². The number of esters is 2. The number of unbranched alkanes of at least 4 members (excludes halogenated alkanes) is 6. The molecule has 0 spiro atoms. The summed E-state index contributed by atoms with van der Waals surface area (Å²) in [5.74, 6) is -0.560. The van der Waals surface area contributed by atoms with Crippen molar-refractivity contribution in [3.8, 4) is 22.3 Å². The highest BCUT2D eigenvalue weighted by Gasteiger charge is 2.11. The molecule has 0 fully saturated rings. The van der Waals surface area contributed by atoms with E-state index in [1.54, 1.807) is 0 Å². The van der Waals surface area contributed by atoms with Gasteiger partial charge in [0.05, 0.1) is 24.3 Å². The fraction of sp³-hybridized carbons (Fsp3) is 0.353. The van der Waals surface area contributed by atoms with Gasteiger partial charge in [0.1, 0.15) is 0 Å². The van der Waals surface area contributed by atoms with E-state index in [9.17, 15) is 9.59 Å². The van der Waals surface area contributed by atoms with Gasteiger partial charge in [-0.25, -0.2) is 9.59 Å². The average Bonchev–Trinajstić information content (AvgIpc) is 2.96. The van der Waals surface area contributed by atoms with Crippen LogP contribution in [0.2, 0.25) is 0 Å². The number of carbonyl (C=O) groups is 2. The molecule has 200 valence electrons. The van der Waals surface area contributed by atoms with Crippen molar-refractivity contribution in [2.45, 2.75) is 65.2 Å². The molecule has 38 heavy (non-hydrogen) atoms. The zero-order valence-corrected chi connectivity index (χ0v) is 22.8. The highest BCUT2D eigenvalue weighted by atomic mass is 16.5. The van der Waals surface area contributed by atoms with Gasteiger partial charge in [-0.3, -0.25) is 0 Å². The van der Waals surface area contributed by atoms with E-state index in [0.29, 0.717) is 24.3 Å². The Labute approximate surface area is 227 Å². The summed E-state index contributed by atoms with van der Waals surface area (Å²) in [5, 5.41) is 0. The zero-order valence-electron chi connectivity index (χ0n) is 22.8. The van der Waals surface area contributed by atoms with Crippen LogP contribution in [0.3, 0.4) is 0 Å². The molecule has 3 aromatic carbocycles. The minimum atomic E-state index is -0.281. The van der Waals surface area contributed by atoms with Crippen LogP contribution in [0.25, 0.3) is 28.3 Å². The van der Waals surface area contributed by atoms with E-state index < -0.39 is 0 Å². The van der Waals surface area contributed by atoms with E-state index in [4.69, 9.17) is 9.47 Å². The van der Waals surface area contributed by atoms with E-state index in [1.807, 2.05) is 54.6 Å². The van der Waals surface area contributed by atoms with Crippen molar-refractivity contribution in [3.05, 3.63) is 90.0 Å². The standard InChI is InChI=1S/C34H40O4/c1-4-7-9-11-23-37-33(35)29-17-13-27(14-18-29)31-21-22-32(26(6-3)25-31)28-15-19-30(20-16-28)34(36)38-24-12-10-8-5-2/h6,13-22,25H,3-5,7-12,23-24H2,1-2H3. The molecular formula is C34H40O4. The number of benzene rings is 3. The fourth-order valence-corrected chi connectivity index (χ4v) is 4.31. The Bertz CT molecular complexity index is 1180. The lowest BCUT2D eigenvalue weighted by atomic mass is 9.94. The summed E-state index contributed by atoms with van der Waals surface area (Å²) >= 11 is 0. The molecule has 0 heterocycles. The van der Waals surface area contributed by atoms with Gasteiger partial charge in [0.15, 0.2) is 0 Å². The maximum Gasteiger partial charge on any atom is 0.338 e. The molecule has 0 saturated carbocycles. The van der Waals surface area contributed by atoms with Crippen LogP contribution in [0.15, 0.2) is 73.3 Å². The highest BCUT2D eigenvalue weighted by molar-refractivity contribution is 5.91. The first kappa shape index (κ1) is 28.9. The summed E-state index contributed by atoms with van der Waals surface area (Å²) in [6.07, 6.45) is 10.4. The summed E-state index contributed by atoms with van der Waals surface area (Å²) in [6, 6.07) is 21.2. The Morgan fingerprint density at radius 3 is 1.58 bits per heavy atom. The minimum Gasteiger partial charge on any atom is -0.462 e. The Balaban J connectivity index is 1.64. The fourth-order valence-electron chi connectivity index (χ4n) is 4.31. The third-order valence-corrected chi connectivity index (χ3v) is 6.62. The second-order valence-corrected chi connectivity index (χ2v) is 9.55. The SMILES string of the molecule is C=Cc1cc(-c2ccc(C(=O)OCCCCCC)cc2)ccc1-c1ccc(C(=O)OCCCCCC)cc1. The Kier molecular flexibility index (Phi) is 11.8. The van der Waals surface area contributed by atoms with Crippen molar-refractivity contribution < 1.29 is 19.1 Å². The molecule has 0 radical (unpaired) electrons. The van der Waals surface area contributed by atoms with Gasteiger partial charge in [0.2, 0.25) is 0 Å². The van der Waals surface area contributed by atoms with Gasteiger partial charge in [0.25, 0.3) is 0 Å². The van der Waals surface area contributed by atoms with E-state index >= 15 is 0 Å². The van der Waals surface area contributed by atoms with Gasteiger partial charge >= 0.3 is 11.9 Å². The normalized spacial score (nSPS) is 10.7. The largest absolute Gasteiger partial charge is 0.462 e. The molecule has 0 aliphatic rings. The number of ether oxygens (including phenoxy) is 2. The predicted octanol–water partition coefficient (Wildman–Crippen LogP) is 9.14.